The van der Waals surface area contributed by atoms with Gasteiger partial charge in [-0.05, 0) is 29.8 Å². The van der Waals surface area contributed by atoms with E-state index in [1.54, 1.807) is 12.4 Å². The number of fused-ring (bicyclic) bond motifs is 1. The van der Waals surface area contributed by atoms with Gasteiger partial charge in [0.15, 0.2) is 0 Å². The molecule has 5 heterocycles. The maximum absolute atomic E-state index is 11.7. The number of benzene rings is 1. The van der Waals surface area contributed by atoms with E-state index in [9.17, 15) is 4.79 Å². The van der Waals surface area contributed by atoms with E-state index in [-0.39, 0.29) is 11.9 Å². The van der Waals surface area contributed by atoms with Crippen LogP contribution in [0.3, 0.4) is 0 Å². The van der Waals surface area contributed by atoms with Crippen molar-refractivity contribution >= 4 is 40.6 Å². The summed E-state index contributed by atoms with van der Waals surface area (Å²) in [6, 6.07) is 10.1. The molecule has 1 amide bonds. The number of anilines is 4. The number of pyridine rings is 1. The van der Waals surface area contributed by atoms with Gasteiger partial charge >= 0.3 is 0 Å². The zero-order chi connectivity index (χ0) is 26.8. The van der Waals surface area contributed by atoms with Gasteiger partial charge in [0.05, 0.1) is 24.6 Å². The Labute approximate surface area is 227 Å². The highest BCUT2D eigenvalue weighted by Crippen LogP contribution is 2.32. The van der Waals surface area contributed by atoms with Crippen LogP contribution in [0.1, 0.15) is 5.56 Å². The van der Waals surface area contributed by atoms with E-state index in [2.05, 4.69) is 48.7 Å². The normalized spacial score (nSPS) is 17.0. The number of hydrogen-bond acceptors (Lipinski definition) is 10. The summed E-state index contributed by atoms with van der Waals surface area (Å²) in [5.74, 6) is 2.02. The fourth-order valence-corrected chi connectivity index (χ4v) is 5.10. The molecule has 39 heavy (non-hydrogen) atoms. The first-order valence-electron chi connectivity index (χ1n) is 13.1. The molecule has 0 atom stereocenters. The van der Waals surface area contributed by atoms with Crippen LogP contribution in [0, 0.1) is 0 Å². The number of nitrogens with zero attached hydrogens (tertiary/aromatic N) is 7. The molecule has 3 N–H and O–H groups in total. The summed E-state index contributed by atoms with van der Waals surface area (Å²) >= 11 is 0. The minimum Gasteiger partial charge on any atom is -0.378 e. The van der Waals surface area contributed by atoms with Gasteiger partial charge in [-0.15, -0.1) is 0 Å². The number of piperazine rings is 1. The average molecular weight is 526 g/mol. The van der Waals surface area contributed by atoms with Gasteiger partial charge in [0.1, 0.15) is 11.7 Å². The number of nitrogens with one attached hydrogen (secondary N) is 1. The Morgan fingerprint density at radius 1 is 0.974 bits per heavy atom. The number of hydrogen-bond donors (Lipinski definition) is 2. The first-order valence-corrected chi connectivity index (χ1v) is 13.1. The number of amides is 1. The molecule has 0 aliphatic carbocycles. The van der Waals surface area contributed by atoms with E-state index in [0.29, 0.717) is 13.2 Å². The van der Waals surface area contributed by atoms with E-state index in [1.807, 2.05) is 18.2 Å². The number of ether oxygens (including phenoxy) is 1. The molecule has 3 aliphatic heterocycles. The number of aliphatic imine (C=N–C) groups is 1. The second-order valence-corrected chi connectivity index (χ2v) is 9.71. The molecular formula is C28H31N9O2. The lowest BCUT2D eigenvalue weighted by Gasteiger charge is -2.38. The van der Waals surface area contributed by atoms with Crippen molar-refractivity contribution < 1.29 is 9.53 Å². The molecular weight excluding hydrogens is 494 g/mol. The molecule has 200 valence electrons. The fourth-order valence-electron chi connectivity index (χ4n) is 5.10. The number of morpholine rings is 1. The van der Waals surface area contributed by atoms with E-state index < -0.39 is 0 Å². The predicted octanol–water partition coefficient (Wildman–Crippen LogP) is 2.49. The number of aromatic nitrogens is 3. The summed E-state index contributed by atoms with van der Waals surface area (Å²) in [6.45, 7) is 9.96. The third-order valence-corrected chi connectivity index (χ3v) is 7.25. The van der Waals surface area contributed by atoms with Gasteiger partial charge in [-0.1, -0.05) is 12.6 Å². The molecule has 2 fully saturated rings. The summed E-state index contributed by atoms with van der Waals surface area (Å²) in [6.07, 6.45) is 5.50. The lowest BCUT2D eigenvalue weighted by atomic mass is 10.1. The predicted molar refractivity (Wildman–Crippen MR) is 153 cm³/mol. The molecule has 1 aromatic carbocycles. The molecule has 2 saturated heterocycles. The van der Waals surface area contributed by atoms with Crippen LogP contribution in [-0.4, -0.2) is 84.1 Å². The Hall–Kier alpha value is -4.51. The van der Waals surface area contributed by atoms with Crippen molar-refractivity contribution in [1.29, 1.82) is 0 Å². The molecule has 2 aromatic heterocycles. The van der Waals surface area contributed by atoms with Crippen LogP contribution in [0.4, 0.5) is 28.8 Å². The van der Waals surface area contributed by atoms with Gasteiger partial charge in [-0.3, -0.25) is 4.79 Å². The van der Waals surface area contributed by atoms with Crippen LogP contribution in [0.2, 0.25) is 0 Å². The Morgan fingerprint density at radius 2 is 1.72 bits per heavy atom. The SMILES string of the molecule is C=CC(=O)Nc1ccc2c(c1)N=C(N1CCN(c3cc(-c4cnc(N)nc4)nc(N4CCOCC4)c3)CC1)C2. The molecule has 0 unspecified atom stereocenters. The number of carbonyl (C=O) groups excluding carboxylic acids is 1. The van der Waals surface area contributed by atoms with Gasteiger partial charge in [0, 0.05) is 81.1 Å². The minimum absolute atomic E-state index is 0.228. The van der Waals surface area contributed by atoms with Crippen LogP contribution >= 0.6 is 0 Å². The number of rotatable bonds is 5. The van der Waals surface area contributed by atoms with E-state index in [4.69, 9.17) is 20.4 Å². The standard InChI is InChI=1S/C28H31N9O2/c1-2-27(38)32-21-4-3-19-13-25(33-23(19)14-21)36-7-5-35(6-8-36)22-15-24(20-17-30-28(29)31-18-20)34-26(16-22)37-9-11-39-12-10-37/h2-4,14-18H,1,5-13H2,(H,32,38)(H2,29,30,31). The van der Waals surface area contributed by atoms with Crippen molar-refractivity contribution in [2.75, 3.05) is 73.3 Å². The van der Waals surface area contributed by atoms with Crippen molar-refractivity contribution in [3.8, 4) is 11.3 Å². The summed E-state index contributed by atoms with van der Waals surface area (Å²) in [4.78, 5) is 36.9. The highest BCUT2D eigenvalue weighted by atomic mass is 16.5. The van der Waals surface area contributed by atoms with Crippen LogP contribution in [0.5, 0.6) is 0 Å². The number of nitrogens with two attached hydrogens (primary N) is 1. The molecule has 0 bridgehead atoms. The molecule has 3 aliphatic rings. The van der Waals surface area contributed by atoms with Crippen molar-refractivity contribution in [2.24, 2.45) is 4.99 Å². The van der Waals surface area contributed by atoms with Gasteiger partial charge in [0.25, 0.3) is 0 Å². The molecule has 0 radical (unpaired) electrons. The third-order valence-electron chi connectivity index (χ3n) is 7.25. The maximum atomic E-state index is 11.7. The van der Waals surface area contributed by atoms with Crippen LogP contribution in [-0.2, 0) is 16.0 Å². The van der Waals surface area contributed by atoms with E-state index in [1.165, 1.54) is 11.6 Å². The molecule has 11 nitrogen and oxygen atoms in total. The van der Waals surface area contributed by atoms with Crippen LogP contribution < -0.4 is 20.9 Å². The second kappa shape index (κ2) is 10.7. The zero-order valence-electron chi connectivity index (χ0n) is 21.7. The lowest BCUT2D eigenvalue weighted by molar-refractivity contribution is -0.111. The summed E-state index contributed by atoms with van der Waals surface area (Å²) < 4.78 is 5.56. The van der Waals surface area contributed by atoms with Crippen molar-refractivity contribution in [1.82, 2.24) is 19.9 Å². The average Bonchev–Trinajstić information content (AvgIpc) is 3.41. The van der Waals surface area contributed by atoms with Gasteiger partial charge in [-0.2, -0.15) is 0 Å². The topological polar surface area (TPSA) is 125 Å². The summed E-state index contributed by atoms with van der Waals surface area (Å²) in [5.41, 5.74) is 11.3. The van der Waals surface area contributed by atoms with Gasteiger partial charge in [-0.25, -0.2) is 19.9 Å². The third kappa shape index (κ3) is 5.39. The number of amidine groups is 1. The van der Waals surface area contributed by atoms with E-state index >= 15 is 0 Å². The maximum Gasteiger partial charge on any atom is 0.247 e. The first-order chi connectivity index (χ1) is 19.1. The fraction of sp³-hybridized carbons (Fsp3) is 0.321. The second-order valence-electron chi connectivity index (χ2n) is 9.71. The quantitative estimate of drug-likeness (QED) is 0.483. The summed E-state index contributed by atoms with van der Waals surface area (Å²) in [5, 5.41) is 2.81. The van der Waals surface area contributed by atoms with Crippen molar-refractivity contribution in [2.45, 2.75) is 6.42 Å². The van der Waals surface area contributed by atoms with Crippen LogP contribution in [0.15, 0.2) is 60.4 Å². The molecule has 0 spiro atoms. The minimum atomic E-state index is -0.228. The monoisotopic (exact) mass is 525 g/mol. The Morgan fingerprint density at radius 3 is 2.46 bits per heavy atom. The molecule has 11 heteroatoms. The molecule has 0 saturated carbocycles. The highest BCUT2D eigenvalue weighted by molar-refractivity contribution is 6.00. The molecule has 3 aromatic rings. The van der Waals surface area contributed by atoms with Gasteiger partial charge in [0.2, 0.25) is 11.9 Å². The zero-order valence-corrected chi connectivity index (χ0v) is 21.7. The Balaban J connectivity index is 1.19. The highest BCUT2D eigenvalue weighted by Gasteiger charge is 2.26. The Kier molecular flexibility index (Phi) is 6.80. The van der Waals surface area contributed by atoms with Crippen molar-refractivity contribution in [3.63, 3.8) is 0 Å². The smallest absolute Gasteiger partial charge is 0.247 e. The first kappa shape index (κ1) is 24.8. The molecule has 6 rings (SSSR count). The lowest BCUT2D eigenvalue weighted by Crippen LogP contribution is -2.49. The van der Waals surface area contributed by atoms with E-state index in [0.717, 1.165) is 85.7 Å². The largest absolute Gasteiger partial charge is 0.378 e. The van der Waals surface area contributed by atoms with Crippen molar-refractivity contribution in [3.05, 3.63) is 60.9 Å². The van der Waals surface area contributed by atoms with Crippen LogP contribution in [0.25, 0.3) is 11.3 Å². The summed E-state index contributed by atoms with van der Waals surface area (Å²) in [7, 11) is 0. The Bertz CT molecular complexity index is 1410. The number of nitrogen functional groups attached to an aromatic ring is 1. The number of carbonyl (C=O) groups is 1. The van der Waals surface area contributed by atoms with Gasteiger partial charge < -0.3 is 30.5 Å².